The number of hydrogen-bond acceptors (Lipinski definition) is 5. The number of rotatable bonds is 4. The molecule has 1 saturated carbocycles. The molecule has 0 radical (unpaired) electrons. The summed E-state index contributed by atoms with van der Waals surface area (Å²) >= 11 is 0. The lowest BCUT2D eigenvalue weighted by molar-refractivity contribution is -0.166. The van der Waals surface area contributed by atoms with Crippen LogP contribution in [0.3, 0.4) is 0 Å². The van der Waals surface area contributed by atoms with E-state index in [1.165, 1.54) is 6.92 Å². The van der Waals surface area contributed by atoms with Crippen LogP contribution in [-0.4, -0.2) is 35.4 Å². The standard InChI is InChI=1S/C12H20O5/c1-3-4-12(15)17-11-6-5-9(7-10(11)14)16-8(2)13/h9-11,14H,3-7H2,1-2H3. The normalized spacial score (nSPS) is 28.5. The molecule has 0 aliphatic heterocycles. The average molecular weight is 244 g/mol. The Morgan fingerprint density at radius 2 is 2.00 bits per heavy atom. The van der Waals surface area contributed by atoms with Crippen LogP contribution < -0.4 is 0 Å². The highest BCUT2D eigenvalue weighted by Gasteiger charge is 2.32. The minimum absolute atomic E-state index is 0.261. The van der Waals surface area contributed by atoms with Crippen LogP contribution in [0, 0.1) is 0 Å². The number of carbonyl (C=O) groups is 2. The molecule has 1 rings (SSSR count). The van der Waals surface area contributed by atoms with E-state index < -0.39 is 12.2 Å². The fourth-order valence-corrected chi connectivity index (χ4v) is 1.99. The first kappa shape index (κ1) is 14.0. The zero-order valence-electron chi connectivity index (χ0n) is 10.3. The molecule has 17 heavy (non-hydrogen) atoms. The van der Waals surface area contributed by atoms with Crippen molar-refractivity contribution in [3.63, 3.8) is 0 Å². The smallest absolute Gasteiger partial charge is 0.306 e. The molecule has 0 aromatic rings. The molecule has 0 saturated heterocycles. The third-order valence-electron chi connectivity index (χ3n) is 2.78. The Morgan fingerprint density at radius 1 is 1.29 bits per heavy atom. The van der Waals surface area contributed by atoms with Crippen LogP contribution in [-0.2, 0) is 19.1 Å². The van der Waals surface area contributed by atoms with Gasteiger partial charge in [0.05, 0.1) is 6.10 Å². The van der Waals surface area contributed by atoms with Gasteiger partial charge in [-0.25, -0.2) is 0 Å². The maximum atomic E-state index is 11.3. The average Bonchev–Trinajstić information content (AvgIpc) is 2.21. The predicted molar refractivity (Wildman–Crippen MR) is 60.2 cm³/mol. The van der Waals surface area contributed by atoms with Crippen molar-refractivity contribution >= 4 is 11.9 Å². The molecular formula is C12H20O5. The van der Waals surface area contributed by atoms with E-state index in [1.54, 1.807) is 0 Å². The Balaban J connectivity index is 2.37. The second-order valence-electron chi connectivity index (χ2n) is 4.39. The number of carbonyl (C=O) groups excluding carboxylic acids is 2. The molecule has 1 N–H and O–H groups in total. The third-order valence-corrected chi connectivity index (χ3v) is 2.78. The molecule has 0 aromatic heterocycles. The van der Waals surface area contributed by atoms with E-state index in [1.807, 2.05) is 6.92 Å². The lowest BCUT2D eigenvalue weighted by atomic mass is 9.92. The van der Waals surface area contributed by atoms with Crippen LogP contribution in [0.5, 0.6) is 0 Å². The van der Waals surface area contributed by atoms with Gasteiger partial charge in [0.25, 0.3) is 0 Å². The van der Waals surface area contributed by atoms with Crippen molar-refractivity contribution < 1.29 is 24.2 Å². The summed E-state index contributed by atoms with van der Waals surface area (Å²) in [6, 6.07) is 0. The second-order valence-corrected chi connectivity index (χ2v) is 4.39. The first-order valence-corrected chi connectivity index (χ1v) is 6.07. The van der Waals surface area contributed by atoms with Gasteiger partial charge < -0.3 is 14.6 Å². The summed E-state index contributed by atoms with van der Waals surface area (Å²) in [5.74, 6) is -0.619. The van der Waals surface area contributed by atoms with Gasteiger partial charge in [-0.1, -0.05) is 6.92 Å². The van der Waals surface area contributed by atoms with Crippen LogP contribution in [0.25, 0.3) is 0 Å². The highest BCUT2D eigenvalue weighted by Crippen LogP contribution is 2.24. The molecule has 3 unspecified atom stereocenters. The fourth-order valence-electron chi connectivity index (χ4n) is 1.99. The van der Waals surface area contributed by atoms with Crippen LogP contribution in [0.1, 0.15) is 46.0 Å². The lowest BCUT2D eigenvalue weighted by Crippen LogP contribution is -2.40. The summed E-state index contributed by atoms with van der Waals surface area (Å²) < 4.78 is 10.2. The molecule has 5 nitrogen and oxygen atoms in total. The highest BCUT2D eigenvalue weighted by molar-refractivity contribution is 5.69. The van der Waals surface area contributed by atoms with Crippen molar-refractivity contribution in [3.05, 3.63) is 0 Å². The van der Waals surface area contributed by atoms with Crippen molar-refractivity contribution in [2.24, 2.45) is 0 Å². The summed E-state index contributed by atoms with van der Waals surface area (Å²) in [5.41, 5.74) is 0. The third kappa shape index (κ3) is 4.73. The molecule has 1 aliphatic rings. The number of esters is 2. The van der Waals surface area contributed by atoms with E-state index >= 15 is 0 Å². The Bertz CT molecular complexity index is 276. The quantitative estimate of drug-likeness (QED) is 0.752. The second kappa shape index (κ2) is 6.59. The topological polar surface area (TPSA) is 72.8 Å². The van der Waals surface area contributed by atoms with E-state index in [0.717, 1.165) is 6.42 Å². The van der Waals surface area contributed by atoms with E-state index in [4.69, 9.17) is 9.47 Å². The summed E-state index contributed by atoms with van der Waals surface area (Å²) in [7, 11) is 0. The fraction of sp³-hybridized carbons (Fsp3) is 0.833. The number of aliphatic hydroxyl groups excluding tert-OH is 1. The van der Waals surface area contributed by atoms with Crippen LogP contribution in [0.15, 0.2) is 0 Å². The van der Waals surface area contributed by atoms with Gasteiger partial charge in [-0.2, -0.15) is 0 Å². The summed E-state index contributed by atoms with van der Waals surface area (Å²) in [6.45, 7) is 3.25. The van der Waals surface area contributed by atoms with Gasteiger partial charge in [0.1, 0.15) is 12.2 Å². The molecule has 5 heteroatoms. The van der Waals surface area contributed by atoms with Crippen molar-refractivity contribution in [3.8, 4) is 0 Å². The number of aliphatic hydroxyl groups is 1. The summed E-state index contributed by atoms with van der Waals surface area (Å²) in [5, 5.41) is 9.80. The SMILES string of the molecule is CCCC(=O)OC1CCC(OC(C)=O)CC1O. The Kier molecular flexibility index (Phi) is 5.41. The van der Waals surface area contributed by atoms with Crippen LogP contribution in [0.2, 0.25) is 0 Å². The largest absolute Gasteiger partial charge is 0.462 e. The minimum Gasteiger partial charge on any atom is -0.462 e. The van der Waals surface area contributed by atoms with Gasteiger partial charge in [0.15, 0.2) is 0 Å². The van der Waals surface area contributed by atoms with Crippen molar-refractivity contribution in [1.29, 1.82) is 0 Å². The molecule has 1 fully saturated rings. The Morgan fingerprint density at radius 3 is 2.53 bits per heavy atom. The molecule has 0 amide bonds. The van der Waals surface area contributed by atoms with Gasteiger partial charge in [0.2, 0.25) is 0 Å². The number of ether oxygens (including phenoxy) is 2. The minimum atomic E-state index is -0.742. The monoisotopic (exact) mass is 244 g/mol. The van der Waals surface area contributed by atoms with Gasteiger partial charge in [0, 0.05) is 19.8 Å². The Labute approximate surface area is 101 Å². The van der Waals surface area contributed by atoms with Crippen molar-refractivity contribution in [2.45, 2.75) is 64.3 Å². The molecule has 0 bridgehead atoms. The molecule has 0 spiro atoms. The molecule has 1 aliphatic carbocycles. The molecular weight excluding hydrogens is 224 g/mol. The zero-order chi connectivity index (χ0) is 12.8. The number of hydrogen-bond donors (Lipinski definition) is 1. The zero-order valence-corrected chi connectivity index (χ0v) is 10.3. The van der Waals surface area contributed by atoms with Gasteiger partial charge in [-0.05, 0) is 19.3 Å². The first-order chi connectivity index (χ1) is 8.02. The molecule has 0 aromatic carbocycles. The van der Waals surface area contributed by atoms with E-state index in [-0.39, 0.29) is 18.0 Å². The summed E-state index contributed by atoms with van der Waals surface area (Å²) in [4.78, 5) is 22.1. The summed E-state index contributed by atoms with van der Waals surface area (Å²) in [6.07, 6.45) is 1.14. The van der Waals surface area contributed by atoms with Crippen LogP contribution in [0.4, 0.5) is 0 Å². The molecule has 98 valence electrons. The van der Waals surface area contributed by atoms with Crippen LogP contribution >= 0.6 is 0 Å². The van der Waals surface area contributed by atoms with Crippen molar-refractivity contribution in [2.75, 3.05) is 0 Å². The van der Waals surface area contributed by atoms with Gasteiger partial charge in [-0.15, -0.1) is 0 Å². The maximum Gasteiger partial charge on any atom is 0.306 e. The van der Waals surface area contributed by atoms with Gasteiger partial charge in [-0.3, -0.25) is 9.59 Å². The van der Waals surface area contributed by atoms with Crippen molar-refractivity contribution in [1.82, 2.24) is 0 Å². The van der Waals surface area contributed by atoms with E-state index in [2.05, 4.69) is 0 Å². The lowest BCUT2D eigenvalue weighted by Gasteiger charge is -2.32. The first-order valence-electron chi connectivity index (χ1n) is 6.07. The molecule has 0 heterocycles. The maximum absolute atomic E-state index is 11.3. The Hall–Kier alpha value is -1.10. The highest BCUT2D eigenvalue weighted by atomic mass is 16.6. The van der Waals surface area contributed by atoms with Gasteiger partial charge >= 0.3 is 11.9 Å². The van der Waals surface area contributed by atoms with E-state index in [0.29, 0.717) is 25.7 Å². The van der Waals surface area contributed by atoms with E-state index in [9.17, 15) is 14.7 Å². The molecule has 3 atom stereocenters. The predicted octanol–water partition coefficient (Wildman–Crippen LogP) is 1.17.